The third-order valence-corrected chi connectivity index (χ3v) is 5.79. The van der Waals surface area contributed by atoms with E-state index in [4.69, 9.17) is 9.47 Å². The van der Waals surface area contributed by atoms with E-state index < -0.39 is 0 Å². The van der Waals surface area contributed by atoms with Gasteiger partial charge in [-0.05, 0) is 56.1 Å². The van der Waals surface area contributed by atoms with Gasteiger partial charge in [0, 0.05) is 32.7 Å². The Kier molecular flexibility index (Phi) is 6.91. The fraction of sp³-hybridized carbons (Fsp3) is 0.619. The van der Waals surface area contributed by atoms with E-state index in [1.807, 2.05) is 17.0 Å². The van der Waals surface area contributed by atoms with Gasteiger partial charge in [0.2, 0.25) is 5.91 Å². The first-order valence-electron chi connectivity index (χ1n) is 9.94. The number of ether oxygens (including phenoxy) is 2. The molecule has 1 unspecified atom stereocenters. The molecule has 2 heterocycles. The fourth-order valence-electron chi connectivity index (χ4n) is 4.06. The number of hydrogen-bond donors (Lipinski definition) is 0. The lowest BCUT2D eigenvalue weighted by atomic mass is 9.96. The summed E-state index contributed by atoms with van der Waals surface area (Å²) in [5.74, 6) is 1.13. The number of benzene rings is 1. The quantitative estimate of drug-likeness (QED) is 0.680. The third kappa shape index (κ3) is 5.02. The normalized spacial score (nSPS) is 21.0. The van der Waals surface area contributed by atoms with Gasteiger partial charge in [0.1, 0.15) is 5.75 Å². The number of likely N-dealkylation sites (N-methyl/N-ethyl adjacent to an activating group) is 1. The van der Waals surface area contributed by atoms with Crippen molar-refractivity contribution in [2.24, 2.45) is 5.92 Å². The topological polar surface area (TPSA) is 62.3 Å². The van der Waals surface area contributed by atoms with Crippen LogP contribution in [-0.4, -0.2) is 93.7 Å². The molecule has 0 aromatic heterocycles. The number of nitrogens with zero attached hydrogens (tertiary/aromatic N) is 3. The van der Waals surface area contributed by atoms with Gasteiger partial charge in [-0.25, -0.2) is 4.79 Å². The van der Waals surface area contributed by atoms with Crippen molar-refractivity contribution in [3.63, 3.8) is 0 Å². The Morgan fingerprint density at radius 2 is 1.86 bits per heavy atom. The first-order chi connectivity index (χ1) is 13.5. The Morgan fingerprint density at radius 1 is 1.11 bits per heavy atom. The summed E-state index contributed by atoms with van der Waals surface area (Å²) >= 11 is 0. The smallest absolute Gasteiger partial charge is 0.337 e. The second-order valence-electron chi connectivity index (χ2n) is 7.80. The number of rotatable bonds is 6. The molecule has 2 aliphatic rings. The van der Waals surface area contributed by atoms with Crippen molar-refractivity contribution in [2.75, 3.05) is 67.1 Å². The van der Waals surface area contributed by atoms with Gasteiger partial charge in [0.15, 0.2) is 0 Å². The van der Waals surface area contributed by atoms with Crippen LogP contribution in [0.1, 0.15) is 22.3 Å². The van der Waals surface area contributed by atoms with Gasteiger partial charge in [-0.2, -0.15) is 0 Å². The molecule has 1 atom stereocenters. The fourth-order valence-corrected chi connectivity index (χ4v) is 4.06. The molecule has 2 aliphatic heterocycles. The molecular formula is C21H31N3O4. The molecule has 28 heavy (non-hydrogen) atoms. The molecule has 7 nitrogen and oxygen atoms in total. The second kappa shape index (κ2) is 9.39. The Balaban J connectivity index is 1.55. The summed E-state index contributed by atoms with van der Waals surface area (Å²) in [6, 6.07) is 5.41. The number of methoxy groups -OCH3 is 2. The summed E-state index contributed by atoms with van der Waals surface area (Å²) in [7, 11) is 5.13. The van der Waals surface area contributed by atoms with Crippen LogP contribution in [0.3, 0.4) is 0 Å². The molecule has 7 heteroatoms. The monoisotopic (exact) mass is 389 g/mol. The number of esters is 1. The minimum atomic E-state index is -0.338. The van der Waals surface area contributed by atoms with Gasteiger partial charge < -0.3 is 19.3 Å². The van der Waals surface area contributed by atoms with Crippen molar-refractivity contribution in [3.05, 3.63) is 29.3 Å². The van der Waals surface area contributed by atoms with Crippen LogP contribution in [0, 0.1) is 5.92 Å². The summed E-state index contributed by atoms with van der Waals surface area (Å²) in [5.41, 5.74) is 1.56. The minimum absolute atomic E-state index is 0.235. The molecule has 0 radical (unpaired) electrons. The second-order valence-corrected chi connectivity index (χ2v) is 7.80. The van der Waals surface area contributed by atoms with Crippen molar-refractivity contribution in [3.8, 4) is 5.75 Å². The zero-order chi connectivity index (χ0) is 20.1. The van der Waals surface area contributed by atoms with E-state index in [1.165, 1.54) is 7.11 Å². The highest BCUT2D eigenvalue weighted by atomic mass is 16.5. The Hall–Kier alpha value is -2.12. The van der Waals surface area contributed by atoms with Gasteiger partial charge in [-0.15, -0.1) is 0 Å². The molecule has 3 rings (SSSR count). The zero-order valence-corrected chi connectivity index (χ0v) is 17.1. The van der Waals surface area contributed by atoms with E-state index in [2.05, 4.69) is 16.8 Å². The number of likely N-dealkylation sites (tertiary alicyclic amines) is 1. The zero-order valence-electron chi connectivity index (χ0n) is 17.1. The first kappa shape index (κ1) is 20.6. The van der Waals surface area contributed by atoms with Gasteiger partial charge in [-0.3, -0.25) is 9.69 Å². The predicted molar refractivity (Wildman–Crippen MR) is 107 cm³/mol. The molecule has 2 saturated heterocycles. The van der Waals surface area contributed by atoms with Crippen LogP contribution in [0.4, 0.5) is 0 Å². The summed E-state index contributed by atoms with van der Waals surface area (Å²) in [5, 5.41) is 0. The highest BCUT2D eigenvalue weighted by Crippen LogP contribution is 2.27. The Labute approximate surface area is 167 Å². The number of piperazine rings is 1. The molecule has 1 amide bonds. The summed E-state index contributed by atoms with van der Waals surface area (Å²) in [4.78, 5) is 30.9. The van der Waals surface area contributed by atoms with Gasteiger partial charge in [-0.1, -0.05) is 0 Å². The molecule has 1 aromatic carbocycles. The maximum atomic E-state index is 12.6. The lowest BCUT2D eigenvalue weighted by molar-refractivity contribution is -0.133. The number of carbonyl (C=O) groups excluding carboxylic acids is 2. The van der Waals surface area contributed by atoms with Crippen LogP contribution in [0.15, 0.2) is 18.2 Å². The maximum absolute atomic E-state index is 12.6. The average Bonchev–Trinajstić information content (AvgIpc) is 3.14. The molecule has 154 valence electrons. The van der Waals surface area contributed by atoms with Gasteiger partial charge >= 0.3 is 5.97 Å². The first-order valence-corrected chi connectivity index (χ1v) is 9.94. The van der Waals surface area contributed by atoms with Crippen molar-refractivity contribution < 1.29 is 19.1 Å². The van der Waals surface area contributed by atoms with E-state index >= 15 is 0 Å². The van der Waals surface area contributed by atoms with Crippen LogP contribution in [0.5, 0.6) is 5.75 Å². The van der Waals surface area contributed by atoms with Gasteiger partial charge in [0.25, 0.3) is 0 Å². The average molecular weight is 389 g/mol. The molecule has 0 spiro atoms. The van der Waals surface area contributed by atoms with Crippen LogP contribution in [0.2, 0.25) is 0 Å². The van der Waals surface area contributed by atoms with Crippen LogP contribution in [-0.2, 0) is 16.0 Å². The lowest BCUT2D eigenvalue weighted by Crippen LogP contribution is -2.49. The SMILES string of the molecule is COC(=O)c1ccc(OC)c(CC2CCN(CC(=O)N3CCN(C)CC3)C2)c1. The lowest BCUT2D eigenvalue weighted by Gasteiger charge is -2.33. The number of amides is 1. The van der Waals surface area contributed by atoms with E-state index in [0.717, 1.165) is 63.4 Å². The van der Waals surface area contributed by atoms with Gasteiger partial charge in [0.05, 0.1) is 26.3 Å². The van der Waals surface area contributed by atoms with Crippen molar-refractivity contribution in [1.29, 1.82) is 0 Å². The molecule has 0 N–H and O–H groups in total. The summed E-state index contributed by atoms with van der Waals surface area (Å²) < 4.78 is 10.3. The largest absolute Gasteiger partial charge is 0.496 e. The molecule has 0 aliphatic carbocycles. The Morgan fingerprint density at radius 3 is 2.54 bits per heavy atom. The minimum Gasteiger partial charge on any atom is -0.496 e. The molecular weight excluding hydrogens is 358 g/mol. The van der Waals surface area contributed by atoms with E-state index in [0.29, 0.717) is 18.0 Å². The summed E-state index contributed by atoms with van der Waals surface area (Å²) in [6.07, 6.45) is 1.87. The van der Waals surface area contributed by atoms with Crippen LogP contribution < -0.4 is 4.74 Å². The predicted octanol–water partition coefficient (Wildman–Crippen LogP) is 1.12. The molecule has 1 aromatic rings. The third-order valence-electron chi connectivity index (χ3n) is 5.79. The van der Waals surface area contributed by atoms with Crippen molar-refractivity contribution in [2.45, 2.75) is 12.8 Å². The highest BCUT2D eigenvalue weighted by molar-refractivity contribution is 5.89. The molecule has 2 fully saturated rings. The van der Waals surface area contributed by atoms with E-state index in [9.17, 15) is 9.59 Å². The number of hydrogen-bond acceptors (Lipinski definition) is 6. The van der Waals surface area contributed by atoms with E-state index in [-0.39, 0.29) is 11.9 Å². The number of carbonyl (C=O) groups is 2. The maximum Gasteiger partial charge on any atom is 0.337 e. The van der Waals surface area contributed by atoms with Crippen LogP contribution in [0.25, 0.3) is 0 Å². The van der Waals surface area contributed by atoms with Crippen LogP contribution >= 0.6 is 0 Å². The van der Waals surface area contributed by atoms with E-state index in [1.54, 1.807) is 13.2 Å². The van der Waals surface area contributed by atoms with Crippen molar-refractivity contribution >= 4 is 11.9 Å². The molecule has 0 bridgehead atoms. The standard InChI is InChI=1S/C21H31N3O4/c1-22-8-10-24(11-9-22)20(25)15-23-7-6-16(14-23)12-18-13-17(21(26)28-3)4-5-19(18)27-2/h4-5,13,16H,6-12,14-15H2,1-3H3. The summed E-state index contributed by atoms with van der Waals surface area (Å²) in [6.45, 7) is 5.87. The highest BCUT2D eigenvalue weighted by Gasteiger charge is 2.27. The van der Waals surface area contributed by atoms with Crippen molar-refractivity contribution in [1.82, 2.24) is 14.7 Å². The molecule has 0 saturated carbocycles. The Bertz CT molecular complexity index is 701.